The molecule has 0 radical (unpaired) electrons. The zero-order valence-corrected chi connectivity index (χ0v) is 9.42. The van der Waals surface area contributed by atoms with Crippen LogP contribution < -0.4 is 10.6 Å². The molecule has 0 heterocycles. The third-order valence-corrected chi connectivity index (χ3v) is 2.04. The quantitative estimate of drug-likeness (QED) is 0.746. The third-order valence-electron chi connectivity index (χ3n) is 2.04. The molecule has 1 aromatic carbocycles. The maximum atomic E-state index is 11.8. The summed E-state index contributed by atoms with van der Waals surface area (Å²) < 4.78 is 35.3. The van der Waals surface area contributed by atoms with Crippen molar-refractivity contribution in [2.45, 2.75) is 12.7 Å². The molecule has 4 nitrogen and oxygen atoms in total. The number of benzene rings is 1. The summed E-state index contributed by atoms with van der Waals surface area (Å²) in [7, 11) is 0. The minimum Gasteiger partial charge on any atom is -0.508 e. The van der Waals surface area contributed by atoms with E-state index in [1.165, 1.54) is 12.1 Å². The fourth-order valence-electron chi connectivity index (χ4n) is 1.19. The maximum absolute atomic E-state index is 11.8. The smallest absolute Gasteiger partial charge is 0.401 e. The summed E-state index contributed by atoms with van der Waals surface area (Å²) in [6.45, 7) is -1.38. The Morgan fingerprint density at radius 2 is 1.83 bits per heavy atom. The van der Waals surface area contributed by atoms with Gasteiger partial charge in [0.2, 0.25) is 5.91 Å². The van der Waals surface area contributed by atoms with Crippen LogP contribution in [0.25, 0.3) is 0 Å². The molecule has 1 aromatic rings. The number of hydrogen-bond acceptors (Lipinski definition) is 3. The van der Waals surface area contributed by atoms with Gasteiger partial charge in [0.15, 0.2) is 0 Å². The first-order valence-corrected chi connectivity index (χ1v) is 5.19. The largest absolute Gasteiger partial charge is 0.508 e. The molecule has 0 unspecified atom stereocenters. The molecule has 0 aliphatic rings. The van der Waals surface area contributed by atoms with Crippen LogP contribution in [0.5, 0.6) is 5.75 Å². The van der Waals surface area contributed by atoms with Crippen LogP contribution in [0.3, 0.4) is 0 Å². The molecular weight excluding hydrogens is 249 g/mol. The van der Waals surface area contributed by atoms with Crippen molar-refractivity contribution >= 4 is 5.91 Å². The number of aromatic hydroxyl groups is 1. The highest BCUT2D eigenvalue weighted by atomic mass is 19.4. The molecule has 18 heavy (non-hydrogen) atoms. The van der Waals surface area contributed by atoms with Gasteiger partial charge in [0, 0.05) is 6.54 Å². The molecule has 3 N–H and O–H groups in total. The van der Waals surface area contributed by atoms with Gasteiger partial charge in [-0.2, -0.15) is 13.2 Å². The van der Waals surface area contributed by atoms with E-state index in [1.807, 2.05) is 5.32 Å². The lowest BCUT2D eigenvalue weighted by Gasteiger charge is -2.08. The predicted molar refractivity (Wildman–Crippen MR) is 58.9 cm³/mol. The highest BCUT2D eigenvalue weighted by Crippen LogP contribution is 2.12. The SMILES string of the molecule is O=C(CNCC(F)(F)F)NCc1ccc(O)cc1. The van der Waals surface area contributed by atoms with Crippen LogP contribution in [-0.4, -0.2) is 30.3 Å². The van der Waals surface area contributed by atoms with E-state index < -0.39 is 25.2 Å². The summed E-state index contributed by atoms with van der Waals surface area (Å²) in [4.78, 5) is 11.2. The number of rotatable bonds is 5. The van der Waals surface area contributed by atoms with Crippen molar-refractivity contribution in [2.75, 3.05) is 13.1 Å². The Balaban J connectivity index is 2.23. The average molecular weight is 262 g/mol. The molecule has 0 aliphatic carbocycles. The highest BCUT2D eigenvalue weighted by molar-refractivity contribution is 5.77. The van der Waals surface area contributed by atoms with Crippen LogP contribution in [0.2, 0.25) is 0 Å². The van der Waals surface area contributed by atoms with Crippen LogP contribution in [0.1, 0.15) is 5.56 Å². The Hall–Kier alpha value is -1.76. The Morgan fingerprint density at radius 3 is 2.39 bits per heavy atom. The third kappa shape index (κ3) is 6.09. The fourth-order valence-corrected chi connectivity index (χ4v) is 1.19. The van der Waals surface area contributed by atoms with Crippen molar-refractivity contribution in [2.24, 2.45) is 0 Å². The summed E-state index contributed by atoms with van der Waals surface area (Å²) in [5.41, 5.74) is 0.747. The van der Waals surface area contributed by atoms with Gasteiger partial charge in [-0.25, -0.2) is 0 Å². The number of halogens is 3. The van der Waals surface area contributed by atoms with Gasteiger partial charge in [-0.05, 0) is 17.7 Å². The van der Waals surface area contributed by atoms with E-state index in [9.17, 15) is 18.0 Å². The zero-order valence-electron chi connectivity index (χ0n) is 9.42. The first kappa shape index (κ1) is 14.3. The Bertz CT molecular complexity index is 390. The topological polar surface area (TPSA) is 61.4 Å². The lowest BCUT2D eigenvalue weighted by Crippen LogP contribution is -2.37. The van der Waals surface area contributed by atoms with E-state index in [4.69, 9.17) is 5.11 Å². The van der Waals surface area contributed by atoms with Gasteiger partial charge in [-0.15, -0.1) is 0 Å². The van der Waals surface area contributed by atoms with Crippen molar-refractivity contribution < 1.29 is 23.1 Å². The number of alkyl halides is 3. The number of hydrogen-bond donors (Lipinski definition) is 3. The van der Waals surface area contributed by atoms with E-state index in [-0.39, 0.29) is 12.3 Å². The Labute approximate surface area is 102 Å². The molecule has 0 saturated heterocycles. The lowest BCUT2D eigenvalue weighted by atomic mass is 10.2. The van der Waals surface area contributed by atoms with Gasteiger partial charge in [0.1, 0.15) is 5.75 Å². The van der Waals surface area contributed by atoms with Crippen molar-refractivity contribution in [3.8, 4) is 5.75 Å². The van der Waals surface area contributed by atoms with E-state index >= 15 is 0 Å². The number of nitrogens with one attached hydrogen (secondary N) is 2. The van der Waals surface area contributed by atoms with Crippen molar-refractivity contribution in [1.29, 1.82) is 0 Å². The normalized spacial score (nSPS) is 11.3. The second-order valence-corrected chi connectivity index (χ2v) is 3.66. The summed E-state index contributed by atoms with van der Waals surface area (Å²) in [6, 6.07) is 6.14. The molecule has 0 atom stereocenters. The van der Waals surface area contributed by atoms with Gasteiger partial charge < -0.3 is 15.7 Å². The Morgan fingerprint density at radius 1 is 1.22 bits per heavy atom. The van der Waals surface area contributed by atoms with Gasteiger partial charge in [0.25, 0.3) is 0 Å². The monoisotopic (exact) mass is 262 g/mol. The van der Waals surface area contributed by atoms with Crippen LogP contribution in [-0.2, 0) is 11.3 Å². The summed E-state index contributed by atoms with van der Waals surface area (Å²) in [5.74, 6) is -0.413. The molecule has 0 aromatic heterocycles. The van der Waals surface area contributed by atoms with E-state index in [2.05, 4.69) is 5.32 Å². The highest BCUT2D eigenvalue weighted by Gasteiger charge is 2.26. The molecule has 100 valence electrons. The molecule has 1 rings (SSSR count). The zero-order chi connectivity index (χ0) is 13.6. The number of amides is 1. The second kappa shape index (κ2) is 6.25. The van der Waals surface area contributed by atoms with Gasteiger partial charge in [0.05, 0.1) is 13.1 Å². The first-order valence-electron chi connectivity index (χ1n) is 5.19. The number of phenols is 1. The van der Waals surface area contributed by atoms with Gasteiger partial charge in [-0.3, -0.25) is 4.79 Å². The first-order chi connectivity index (χ1) is 8.37. The number of phenolic OH excluding ortho intramolecular Hbond substituents is 1. The fraction of sp³-hybridized carbons (Fsp3) is 0.364. The number of carbonyl (C=O) groups is 1. The molecular formula is C11H13F3N2O2. The maximum Gasteiger partial charge on any atom is 0.401 e. The van der Waals surface area contributed by atoms with Crippen molar-refractivity contribution in [3.63, 3.8) is 0 Å². The van der Waals surface area contributed by atoms with Crippen LogP contribution in [0, 0.1) is 0 Å². The van der Waals surface area contributed by atoms with Crippen LogP contribution in [0.15, 0.2) is 24.3 Å². The van der Waals surface area contributed by atoms with Gasteiger partial charge >= 0.3 is 6.18 Å². The minimum atomic E-state index is -4.32. The molecule has 0 bridgehead atoms. The average Bonchev–Trinajstić information content (AvgIpc) is 2.26. The molecule has 0 spiro atoms. The molecule has 0 aliphatic heterocycles. The van der Waals surface area contributed by atoms with Crippen LogP contribution in [0.4, 0.5) is 13.2 Å². The molecule has 0 fully saturated rings. The van der Waals surface area contributed by atoms with Crippen molar-refractivity contribution in [3.05, 3.63) is 29.8 Å². The summed E-state index contributed by atoms with van der Waals surface area (Å²) >= 11 is 0. The minimum absolute atomic E-state index is 0.108. The molecule has 1 amide bonds. The Kier molecular flexibility index (Phi) is 4.96. The standard InChI is InChI=1S/C11H13F3N2O2/c12-11(13,14)7-15-6-10(18)16-5-8-1-3-9(17)4-2-8/h1-4,15,17H,5-7H2,(H,16,18). The molecule has 7 heteroatoms. The summed E-state index contributed by atoms with van der Waals surface area (Å²) in [6.07, 6.45) is -4.32. The van der Waals surface area contributed by atoms with Crippen LogP contribution >= 0.6 is 0 Å². The summed E-state index contributed by atoms with van der Waals surface area (Å²) in [5, 5.41) is 13.5. The second-order valence-electron chi connectivity index (χ2n) is 3.66. The van der Waals surface area contributed by atoms with Crippen molar-refractivity contribution in [1.82, 2.24) is 10.6 Å². The predicted octanol–water partition coefficient (Wildman–Crippen LogP) is 1.16. The lowest BCUT2D eigenvalue weighted by molar-refractivity contribution is -0.128. The van der Waals surface area contributed by atoms with E-state index in [1.54, 1.807) is 12.1 Å². The van der Waals surface area contributed by atoms with E-state index in [0.29, 0.717) is 0 Å². The molecule has 0 saturated carbocycles. The number of carbonyl (C=O) groups excluding carboxylic acids is 1. The van der Waals surface area contributed by atoms with E-state index in [0.717, 1.165) is 5.56 Å². The van der Waals surface area contributed by atoms with Gasteiger partial charge in [-0.1, -0.05) is 12.1 Å².